The lowest BCUT2D eigenvalue weighted by molar-refractivity contribution is 0.0342. The molecule has 0 bridgehead atoms. The number of thiazole rings is 1. The van der Waals surface area contributed by atoms with E-state index in [0.29, 0.717) is 68.8 Å². The van der Waals surface area contributed by atoms with E-state index in [2.05, 4.69) is 20.5 Å². The smallest absolute Gasteiger partial charge is 0.275 e. The van der Waals surface area contributed by atoms with Gasteiger partial charge in [-0.05, 0) is 24.1 Å². The van der Waals surface area contributed by atoms with Crippen LogP contribution in [0.4, 0.5) is 15.2 Å². The van der Waals surface area contributed by atoms with Crippen LogP contribution in [-0.4, -0.2) is 87.5 Å². The molecule has 1 unspecified atom stereocenters. The maximum absolute atomic E-state index is 13.5. The van der Waals surface area contributed by atoms with Crippen molar-refractivity contribution in [2.75, 3.05) is 69.9 Å². The molecule has 2 aliphatic rings. The number of rotatable bonds is 9. The SMILES string of the molecule is COCCNC(=O)c1cc(CN2CCOCC2)ccc1NC(=O)c1csc(N2CCC(F)C2)n1. The number of morpholine rings is 1. The highest BCUT2D eigenvalue weighted by molar-refractivity contribution is 7.14. The standard InChI is InChI=1S/C23H30FN5O4S/c1-32-9-5-25-21(30)18-12-16(13-28-7-10-33-11-8-28)2-3-19(18)26-22(31)20-15-34-23(27-20)29-6-4-17(24)14-29/h2-3,12,15,17H,4-11,13-14H2,1H3,(H,25,30)(H,26,31). The fourth-order valence-electron chi connectivity index (χ4n) is 3.96. The molecule has 0 spiro atoms. The zero-order valence-corrected chi connectivity index (χ0v) is 20.0. The Bertz CT molecular complexity index is 997. The van der Waals surface area contributed by atoms with Crippen molar-refractivity contribution in [2.45, 2.75) is 19.1 Å². The van der Waals surface area contributed by atoms with Gasteiger partial charge in [0.15, 0.2) is 5.13 Å². The van der Waals surface area contributed by atoms with E-state index in [1.54, 1.807) is 18.6 Å². The van der Waals surface area contributed by atoms with Gasteiger partial charge in [0.25, 0.3) is 11.8 Å². The number of benzene rings is 1. The average Bonchev–Trinajstić information content (AvgIpc) is 3.50. The first-order valence-electron chi connectivity index (χ1n) is 11.4. The van der Waals surface area contributed by atoms with E-state index < -0.39 is 12.1 Å². The topological polar surface area (TPSA) is 96.0 Å². The second-order valence-corrected chi connectivity index (χ2v) is 9.16. The molecule has 9 nitrogen and oxygen atoms in total. The largest absolute Gasteiger partial charge is 0.383 e. The minimum atomic E-state index is -0.865. The van der Waals surface area contributed by atoms with Crippen LogP contribution in [0, 0.1) is 0 Å². The van der Waals surface area contributed by atoms with Gasteiger partial charge in [0, 0.05) is 45.2 Å². The van der Waals surface area contributed by atoms with Crippen LogP contribution in [0.5, 0.6) is 0 Å². The van der Waals surface area contributed by atoms with Gasteiger partial charge in [0.1, 0.15) is 11.9 Å². The molecule has 0 saturated carbocycles. The maximum atomic E-state index is 13.5. The normalized spacial score (nSPS) is 18.8. The van der Waals surface area contributed by atoms with Crippen molar-refractivity contribution in [1.29, 1.82) is 0 Å². The number of nitrogens with zero attached hydrogens (tertiary/aromatic N) is 3. The molecule has 4 rings (SSSR count). The molecule has 2 N–H and O–H groups in total. The molecule has 11 heteroatoms. The van der Waals surface area contributed by atoms with Crippen LogP contribution < -0.4 is 15.5 Å². The Morgan fingerprint density at radius 1 is 1.26 bits per heavy atom. The summed E-state index contributed by atoms with van der Waals surface area (Å²) < 4.78 is 24.0. The summed E-state index contributed by atoms with van der Waals surface area (Å²) in [6, 6.07) is 5.47. The van der Waals surface area contributed by atoms with Crippen molar-refractivity contribution in [2.24, 2.45) is 0 Å². The maximum Gasteiger partial charge on any atom is 0.275 e. The second-order valence-electron chi connectivity index (χ2n) is 8.32. The summed E-state index contributed by atoms with van der Waals surface area (Å²) in [5, 5.41) is 7.94. The lowest BCUT2D eigenvalue weighted by Crippen LogP contribution is -2.35. The molecule has 0 radical (unpaired) electrons. The van der Waals surface area contributed by atoms with Crippen LogP contribution in [0.2, 0.25) is 0 Å². The van der Waals surface area contributed by atoms with E-state index >= 15 is 0 Å². The summed E-state index contributed by atoms with van der Waals surface area (Å²) in [5.74, 6) is -0.702. The van der Waals surface area contributed by atoms with Crippen molar-refractivity contribution >= 4 is 34.0 Å². The molecule has 2 saturated heterocycles. The molecule has 2 aliphatic heterocycles. The van der Waals surface area contributed by atoms with Gasteiger partial charge in [0.2, 0.25) is 0 Å². The number of alkyl halides is 1. The molecule has 34 heavy (non-hydrogen) atoms. The van der Waals surface area contributed by atoms with E-state index in [1.807, 2.05) is 17.0 Å². The van der Waals surface area contributed by atoms with E-state index in [0.717, 1.165) is 18.7 Å². The van der Waals surface area contributed by atoms with E-state index in [4.69, 9.17) is 9.47 Å². The molecule has 3 heterocycles. The number of halogens is 1. The lowest BCUT2D eigenvalue weighted by atomic mass is 10.1. The van der Waals surface area contributed by atoms with Gasteiger partial charge in [-0.3, -0.25) is 14.5 Å². The fourth-order valence-corrected chi connectivity index (χ4v) is 4.80. The highest BCUT2D eigenvalue weighted by Crippen LogP contribution is 2.26. The van der Waals surface area contributed by atoms with Gasteiger partial charge in [-0.1, -0.05) is 6.07 Å². The van der Waals surface area contributed by atoms with Gasteiger partial charge < -0.3 is 25.0 Å². The minimum absolute atomic E-state index is 0.241. The Hall–Kier alpha value is -2.60. The minimum Gasteiger partial charge on any atom is -0.383 e. The van der Waals surface area contributed by atoms with Crippen LogP contribution in [0.25, 0.3) is 0 Å². The predicted octanol–water partition coefficient (Wildman–Crippen LogP) is 2.15. The molecule has 2 aromatic rings. The summed E-state index contributed by atoms with van der Waals surface area (Å²) in [4.78, 5) is 34.3. The number of nitrogens with one attached hydrogen (secondary N) is 2. The lowest BCUT2D eigenvalue weighted by Gasteiger charge is -2.26. The first-order valence-corrected chi connectivity index (χ1v) is 12.3. The van der Waals surface area contributed by atoms with Gasteiger partial charge in [-0.25, -0.2) is 9.37 Å². The van der Waals surface area contributed by atoms with Crippen LogP contribution >= 0.6 is 11.3 Å². The Morgan fingerprint density at radius 2 is 2.09 bits per heavy atom. The van der Waals surface area contributed by atoms with E-state index in [1.165, 1.54) is 11.3 Å². The van der Waals surface area contributed by atoms with Gasteiger partial charge in [0.05, 0.1) is 37.6 Å². The number of hydrogen-bond donors (Lipinski definition) is 2. The second kappa shape index (κ2) is 11.7. The van der Waals surface area contributed by atoms with E-state index in [9.17, 15) is 14.0 Å². The number of anilines is 2. The summed E-state index contributed by atoms with van der Waals surface area (Å²) >= 11 is 1.31. The average molecular weight is 492 g/mol. The molecular weight excluding hydrogens is 461 g/mol. The number of amides is 2. The van der Waals surface area contributed by atoms with Crippen LogP contribution in [0.3, 0.4) is 0 Å². The number of methoxy groups -OCH3 is 1. The number of carbonyl (C=O) groups excluding carboxylic acids is 2. The Kier molecular flexibility index (Phi) is 8.44. The first kappa shape index (κ1) is 24.5. The monoisotopic (exact) mass is 491 g/mol. The van der Waals surface area contributed by atoms with Crippen molar-refractivity contribution < 1.29 is 23.5 Å². The van der Waals surface area contributed by atoms with E-state index in [-0.39, 0.29) is 11.6 Å². The number of hydrogen-bond acceptors (Lipinski definition) is 8. The molecule has 1 atom stereocenters. The number of ether oxygens (including phenoxy) is 2. The number of aromatic nitrogens is 1. The van der Waals surface area contributed by atoms with Crippen LogP contribution in [0.1, 0.15) is 32.8 Å². The molecule has 2 amide bonds. The summed E-state index contributed by atoms with van der Waals surface area (Å²) in [7, 11) is 1.57. The van der Waals surface area contributed by atoms with Gasteiger partial charge in [-0.15, -0.1) is 11.3 Å². The Balaban J connectivity index is 1.49. The van der Waals surface area contributed by atoms with Crippen molar-refractivity contribution in [3.63, 3.8) is 0 Å². The van der Waals surface area contributed by atoms with Gasteiger partial charge >= 0.3 is 0 Å². The molecular formula is C23H30FN5O4S. The predicted molar refractivity (Wildman–Crippen MR) is 129 cm³/mol. The summed E-state index contributed by atoms with van der Waals surface area (Å²) in [6.07, 6.45) is -0.393. The third kappa shape index (κ3) is 6.29. The Labute approximate surface area is 202 Å². The quantitative estimate of drug-likeness (QED) is 0.519. The Morgan fingerprint density at radius 3 is 2.82 bits per heavy atom. The summed E-state index contributed by atoms with van der Waals surface area (Å²) in [6.45, 7) is 5.37. The van der Waals surface area contributed by atoms with Crippen molar-refractivity contribution in [1.82, 2.24) is 15.2 Å². The van der Waals surface area contributed by atoms with Crippen molar-refractivity contribution in [3.05, 3.63) is 40.4 Å². The fraction of sp³-hybridized carbons (Fsp3) is 0.522. The number of carbonyl (C=O) groups is 2. The van der Waals surface area contributed by atoms with Gasteiger partial charge in [-0.2, -0.15) is 0 Å². The highest BCUT2D eigenvalue weighted by Gasteiger charge is 2.25. The first-order chi connectivity index (χ1) is 16.5. The molecule has 1 aromatic heterocycles. The highest BCUT2D eigenvalue weighted by atomic mass is 32.1. The molecule has 0 aliphatic carbocycles. The molecule has 2 fully saturated rings. The third-order valence-electron chi connectivity index (χ3n) is 5.80. The zero-order chi connectivity index (χ0) is 23.9. The zero-order valence-electron chi connectivity index (χ0n) is 19.2. The summed E-state index contributed by atoms with van der Waals surface area (Å²) in [5.41, 5.74) is 2.00. The van der Waals surface area contributed by atoms with Crippen molar-refractivity contribution in [3.8, 4) is 0 Å². The third-order valence-corrected chi connectivity index (χ3v) is 6.71. The molecule has 1 aromatic carbocycles. The van der Waals surface area contributed by atoms with Crippen LogP contribution in [0.15, 0.2) is 23.6 Å². The molecule has 184 valence electrons. The van der Waals surface area contributed by atoms with Crippen LogP contribution in [-0.2, 0) is 16.0 Å².